The van der Waals surface area contributed by atoms with E-state index in [-0.39, 0.29) is 23.9 Å². The van der Waals surface area contributed by atoms with Gasteiger partial charge in [-0.15, -0.1) is 0 Å². The highest BCUT2D eigenvalue weighted by Crippen LogP contribution is 2.57. The Morgan fingerprint density at radius 3 is 2.62 bits per heavy atom. The van der Waals surface area contributed by atoms with Crippen molar-refractivity contribution in [1.29, 1.82) is 0 Å². The number of ether oxygens (including phenoxy) is 1. The first-order chi connectivity index (χ1) is 16.1. The monoisotopic (exact) mass is 483 g/mol. The van der Waals surface area contributed by atoms with Crippen LogP contribution in [0.2, 0.25) is 5.02 Å². The average molecular weight is 484 g/mol. The molecule has 4 atom stereocenters. The van der Waals surface area contributed by atoms with Gasteiger partial charge in [0.15, 0.2) is 0 Å². The van der Waals surface area contributed by atoms with E-state index in [1.807, 2.05) is 12.1 Å². The zero-order chi connectivity index (χ0) is 24.5. The van der Waals surface area contributed by atoms with Crippen molar-refractivity contribution in [3.63, 3.8) is 0 Å². The molecule has 1 fully saturated rings. The van der Waals surface area contributed by atoms with E-state index in [0.29, 0.717) is 17.5 Å². The molecule has 2 aromatic rings. The summed E-state index contributed by atoms with van der Waals surface area (Å²) in [6.07, 6.45) is 4.17. The molecule has 0 amide bonds. The van der Waals surface area contributed by atoms with E-state index < -0.39 is 11.5 Å². The number of carbonyl (C=O) groups is 1. The predicted octanol–water partition coefficient (Wildman–Crippen LogP) is 6.49. The maximum absolute atomic E-state index is 13.4. The second-order valence-electron chi connectivity index (χ2n) is 11.0. The second-order valence-corrected chi connectivity index (χ2v) is 11.4. The summed E-state index contributed by atoms with van der Waals surface area (Å²) < 4.78 is 5.74. The number of hydrogen-bond donors (Lipinski definition) is 2. The summed E-state index contributed by atoms with van der Waals surface area (Å²) in [5.41, 5.74) is 4.56. The first-order valence-corrected chi connectivity index (χ1v) is 13.0. The molecular weight excluding hydrogens is 446 g/mol. The quantitative estimate of drug-likeness (QED) is 0.442. The largest absolute Gasteiger partial charge is 0.462 e. The number of esters is 1. The molecule has 0 spiro atoms. The molecule has 34 heavy (non-hydrogen) atoms. The van der Waals surface area contributed by atoms with Gasteiger partial charge in [0.2, 0.25) is 0 Å². The molecule has 184 valence electrons. The number of nitrogens with one attached hydrogen (secondary N) is 1. The molecule has 0 radical (unpaired) electrons. The Labute approximate surface area is 209 Å². The maximum atomic E-state index is 13.4. The third-order valence-corrected chi connectivity index (χ3v) is 8.56. The number of anilines is 1. The number of aryl methyl sites for hydroxylation is 1. The van der Waals surface area contributed by atoms with Crippen molar-refractivity contribution in [2.75, 3.05) is 18.5 Å². The van der Waals surface area contributed by atoms with Crippen molar-refractivity contribution >= 4 is 23.3 Å². The molecule has 4 nitrogen and oxygen atoms in total. The Bertz CT molecular complexity index is 1020. The highest BCUT2D eigenvalue weighted by molar-refractivity contribution is 6.30. The molecule has 2 aliphatic rings. The number of halogens is 1. The molecule has 0 aromatic heterocycles. The van der Waals surface area contributed by atoms with Gasteiger partial charge < -0.3 is 15.2 Å². The molecule has 0 saturated heterocycles. The summed E-state index contributed by atoms with van der Waals surface area (Å²) in [5.74, 6) is 0.585. The van der Waals surface area contributed by atoms with Crippen molar-refractivity contribution in [2.45, 2.75) is 77.2 Å². The zero-order valence-corrected chi connectivity index (χ0v) is 21.6. The third kappa shape index (κ3) is 4.85. The summed E-state index contributed by atoms with van der Waals surface area (Å²) >= 11 is 5.92. The maximum Gasteiger partial charge on any atom is 0.312 e. The number of fused-ring (bicyclic) bond motifs is 3. The van der Waals surface area contributed by atoms with Crippen molar-refractivity contribution < 1.29 is 14.6 Å². The molecule has 5 heteroatoms. The van der Waals surface area contributed by atoms with Crippen LogP contribution in [0.1, 0.15) is 76.0 Å². The van der Waals surface area contributed by atoms with Crippen LogP contribution in [0.25, 0.3) is 0 Å². The van der Waals surface area contributed by atoms with Gasteiger partial charge in [-0.05, 0) is 90.8 Å². The van der Waals surface area contributed by atoms with Crippen LogP contribution in [0.4, 0.5) is 5.69 Å². The first-order valence-electron chi connectivity index (χ1n) is 12.6. The highest BCUT2D eigenvalue weighted by Gasteiger charge is 2.55. The van der Waals surface area contributed by atoms with Crippen LogP contribution in [0.3, 0.4) is 0 Å². The summed E-state index contributed by atoms with van der Waals surface area (Å²) in [7, 11) is 0. The van der Waals surface area contributed by atoms with Crippen LogP contribution in [0.15, 0.2) is 42.5 Å². The van der Waals surface area contributed by atoms with Gasteiger partial charge in [0.25, 0.3) is 0 Å². The molecule has 0 bridgehead atoms. The van der Waals surface area contributed by atoms with Crippen LogP contribution in [0, 0.1) is 11.3 Å². The summed E-state index contributed by atoms with van der Waals surface area (Å²) in [5, 5.41) is 14.2. The van der Waals surface area contributed by atoms with Crippen molar-refractivity contribution in [2.24, 2.45) is 11.3 Å². The predicted molar refractivity (Wildman–Crippen MR) is 139 cm³/mol. The minimum Gasteiger partial charge on any atom is -0.462 e. The minimum absolute atomic E-state index is 0.00716. The van der Waals surface area contributed by atoms with E-state index in [2.05, 4.69) is 51.2 Å². The smallest absolute Gasteiger partial charge is 0.312 e. The van der Waals surface area contributed by atoms with Gasteiger partial charge in [0, 0.05) is 17.3 Å². The van der Waals surface area contributed by atoms with Gasteiger partial charge in [0.1, 0.15) is 12.7 Å². The number of aliphatic hydroxyl groups is 1. The number of hydrogen-bond acceptors (Lipinski definition) is 4. The van der Waals surface area contributed by atoms with Crippen molar-refractivity contribution in [3.05, 3.63) is 64.2 Å². The van der Waals surface area contributed by atoms with E-state index >= 15 is 0 Å². The van der Waals surface area contributed by atoms with Gasteiger partial charge in [0.05, 0.1) is 5.41 Å². The van der Waals surface area contributed by atoms with Crippen molar-refractivity contribution in [3.8, 4) is 0 Å². The van der Waals surface area contributed by atoms with Gasteiger partial charge >= 0.3 is 5.97 Å². The van der Waals surface area contributed by atoms with Crippen LogP contribution >= 0.6 is 11.6 Å². The Morgan fingerprint density at radius 2 is 1.91 bits per heavy atom. The molecule has 2 unspecified atom stereocenters. The van der Waals surface area contributed by atoms with Gasteiger partial charge in [-0.2, -0.15) is 0 Å². The fourth-order valence-electron chi connectivity index (χ4n) is 6.31. The van der Waals surface area contributed by atoms with Crippen molar-refractivity contribution in [1.82, 2.24) is 0 Å². The lowest BCUT2D eigenvalue weighted by atomic mass is 9.49. The fraction of sp³-hybridized carbons (Fsp3) is 0.552. The number of aliphatic hydroxyl groups excluding tert-OH is 1. The summed E-state index contributed by atoms with van der Waals surface area (Å²) in [6, 6.07) is 14.3. The lowest BCUT2D eigenvalue weighted by Crippen LogP contribution is -2.53. The lowest BCUT2D eigenvalue weighted by Gasteiger charge is -2.54. The molecule has 2 N–H and O–H groups in total. The highest BCUT2D eigenvalue weighted by atomic mass is 35.5. The van der Waals surface area contributed by atoms with E-state index in [4.69, 9.17) is 16.3 Å². The Balaban J connectivity index is 1.42. The summed E-state index contributed by atoms with van der Waals surface area (Å²) in [4.78, 5) is 13.4. The Morgan fingerprint density at radius 1 is 1.18 bits per heavy atom. The summed E-state index contributed by atoms with van der Waals surface area (Å²) in [6.45, 7) is 9.21. The fourth-order valence-corrected chi connectivity index (χ4v) is 6.44. The molecule has 2 aliphatic carbocycles. The topological polar surface area (TPSA) is 58.6 Å². The SMILES string of the molecule is CC(C)c1ccc2c(c1)CCC1[C@](C)(C(=O)OCC(O)CNc3ccc(Cl)cc3)CCC[C@]21C. The molecular formula is C29H38ClNO3. The van der Waals surface area contributed by atoms with Crippen LogP contribution in [-0.2, 0) is 21.4 Å². The number of rotatable bonds is 7. The van der Waals surface area contributed by atoms with Gasteiger partial charge in [-0.3, -0.25) is 4.79 Å². The third-order valence-electron chi connectivity index (χ3n) is 8.30. The van der Waals surface area contributed by atoms with Crippen LogP contribution in [-0.4, -0.2) is 30.3 Å². The lowest BCUT2D eigenvalue weighted by molar-refractivity contribution is -0.167. The first kappa shape index (κ1) is 25.1. The molecule has 4 rings (SSSR count). The minimum atomic E-state index is -0.778. The molecule has 0 aliphatic heterocycles. The van der Waals surface area contributed by atoms with E-state index in [1.165, 1.54) is 16.7 Å². The van der Waals surface area contributed by atoms with E-state index in [0.717, 1.165) is 37.8 Å². The average Bonchev–Trinajstić information content (AvgIpc) is 2.81. The number of benzene rings is 2. The number of carbonyl (C=O) groups excluding carboxylic acids is 1. The van der Waals surface area contributed by atoms with Crippen LogP contribution in [0.5, 0.6) is 0 Å². The Hall–Kier alpha value is -2.04. The molecule has 2 aromatic carbocycles. The van der Waals surface area contributed by atoms with E-state index in [1.54, 1.807) is 12.1 Å². The molecule has 0 heterocycles. The van der Waals surface area contributed by atoms with Gasteiger partial charge in [-0.1, -0.05) is 57.0 Å². The van der Waals surface area contributed by atoms with E-state index in [9.17, 15) is 9.90 Å². The zero-order valence-electron chi connectivity index (χ0n) is 20.9. The van der Waals surface area contributed by atoms with Gasteiger partial charge in [-0.25, -0.2) is 0 Å². The Kier molecular flexibility index (Phi) is 7.30. The molecule has 1 saturated carbocycles. The second kappa shape index (κ2) is 9.91. The standard InChI is InChI=1S/C29H38ClNO3/c1-19(2)20-6-12-25-21(16-20)7-13-26-28(25,3)14-5-15-29(26,4)27(33)34-18-24(32)17-31-23-10-8-22(30)9-11-23/h6,8-12,16,19,24,26,31-32H,5,7,13-15,17-18H2,1-4H3/t24?,26?,28-,29-/m1/s1. The normalized spacial score (nSPS) is 27.0. The van der Waals surface area contributed by atoms with Crippen LogP contribution < -0.4 is 5.32 Å².